The van der Waals surface area contributed by atoms with Crippen LogP contribution in [-0.4, -0.2) is 30.1 Å². The van der Waals surface area contributed by atoms with Gasteiger partial charge in [0.2, 0.25) is 0 Å². The van der Waals surface area contributed by atoms with E-state index < -0.39 is 0 Å². The van der Waals surface area contributed by atoms with Gasteiger partial charge in [0.15, 0.2) is 0 Å². The normalized spacial score (nSPS) is 42.2. The lowest BCUT2D eigenvalue weighted by atomic mass is 9.82. The maximum atomic E-state index is 6.01. The molecule has 0 spiro atoms. The lowest BCUT2D eigenvalue weighted by Crippen LogP contribution is -2.47. The molecule has 2 rings (SSSR count). The summed E-state index contributed by atoms with van der Waals surface area (Å²) >= 11 is 0. The van der Waals surface area contributed by atoms with E-state index >= 15 is 0 Å². The van der Waals surface area contributed by atoms with Crippen LogP contribution in [0.3, 0.4) is 0 Å². The Balaban J connectivity index is 1.76. The fourth-order valence-corrected chi connectivity index (χ4v) is 3.37. The third kappa shape index (κ3) is 3.21. The van der Waals surface area contributed by atoms with Crippen molar-refractivity contribution in [1.82, 2.24) is 4.90 Å². The fourth-order valence-electron chi connectivity index (χ4n) is 3.37. The van der Waals surface area contributed by atoms with Crippen molar-refractivity contribution in [2.24, 2.45) is 17.6 Å². The summed E-state index contributed by atoms with van der Waals surface area (Å²) in [6.45, 7) is 7.32. The summed E-state index contributed by atoms with van der Waals surface area (Å²) < 4.78 is 0. The largest absolute Gasteiger partial charge is 0.328 e. The second-order valence-electron chi connectivity index (χ2n) is 6.25. The molecule has 0 radical (unpaired) electrons. The minimum Gasteiger partial charge on any atom is -0.328 e. The summed E-state index contributed by atoms with van der Waals surface area (Å²) in [5.41, 5.74) is 6.01. The monoisotopic (exact) mass is 224 g/mol. The molecular formula is C14H28N2. The number of nitrogens with two attached hydrogens (primary N) is 1. The first-order valence-corrected chi connectivity index (χ1v) is 7.14. The zero-order chi connectivity index (χ0) is 11.5. The maximum absolute atomic E-state index is 6.01. The molecule has 1 saturated heterocycles. The van der Waals surface area contributed by atoms with Crippen molar-refractivity contribution in [1.29, 1.82) is 0 Å². The van der Waals surface area contributed by atoms with Gasteiger partial charge < -0.3 is 10.6 Å². The molecule has 94 valence electrons. The van der Waals surface area contributed by atoms with Gasteiger partial charge in [-0.2, -0.15) is 0 Å². The summed E-state index contributed by atoms with van der Waals surface area (Å²) in [6.07, 6.45) is 8.21. The topological polar surface area (TPSA) is 29.3 Å². The van der Waals surface area contributed by atoms with Crippen molar-refractivity contribution in [2.75, 3.05) is 13.1 Å². The summed E-state index contributed by atoms with van der Waals surface area (Å²) in [7, 11) is 0. The van der Waals surface area contributed by atoms with E-state index in [0.717, 1.165) is 11.8 Å². The van der Waals surface area contributed by atoms with Gasteiger partial charge in [0, 0.05) is 18.6 Å². The average Bonchev–Trinajstić information content (AvgIpc) is 2.25. The third-order valence-corrected chi connectivity index (χ3v) is 4.68. The quantitative estimate of drug-likeness (QED) is 0.781. The van der Waals surface area contributed by atoms with Crippen LogP contribution in [0.5, 0.6) is 0 Å². The summed E-state index contributed by atoms with van der Waals surface area (Å²) in [4.78, 5) is 2.68. The number of hydrogen-bond acceptors (Lipinski definition) is 2. The second-order valence-corrected chi connectivity index (χ2v) is 6.25. The minimum absolute atomic E-state index is 0.456. The molecule has 1 heterocycles. The van der Waals surface area contributed by atoms with Gasteiger partial charge in [-0.3, -0.25) is 0 Å². The second kappa shape index (κ2) is 5.50. The molecule has 0 aromatic heterocycles. The Hall–Kier alpha value is -0.0800. The highest BCUT2D eigenvalue weighted by molar-refractivity contribution is 4.83. The van der Waals surface area contributed by atoms with Crippen LogP contribution in [0.15, 0.2) is 0 Å². The van der Waals surface area contributed by atoms with Crippen LogP contribution in [-0.2, 0) is 0 Å². The number of hydrogen-bond donors (Lipinski definition) is 1. The molecule has 0 aromatic carbocycles. The number of likely N-dealkylation sites (tertiary alicyclic amines) is 1. The van der Waals surface area contributed by atoms with Gasteiger partial charge in [-0.1, -0.05) is 19.8 Å². The van der Waals surface area contributed by atoms with Crippen molar-refractivity contribution in [3.8, 4) is 0 Å². The molecule has 2 fully saturated rings. The molecule has 2 aliphatic rings. The maximum Gasteiger partial charge on any atom is 0.00817 e. The van der Waals surface area contributed by atoms with E-state index in [1.807, 2.05) is 0 Å². The highest BCUT2D eigenvalue weighted by Gasteiger charge is 2.26. The van der Waals surface area contributed by atoms with Crippen molar-refractivity contribution in [3.63, 3.8) is 0 Å². The van der Waals surface area contributed by atoms with Crippen molar-refractivity contribution in [2.45, 2.75) is 64.5 Å². The highest BCUT2D eigenvalue weighted by atomic mass is 15.2. The number of rotatable bonds is 2. The van der Waals surface area contributed by atoms with E-state index in [9.17, 15) is 0 Å². The van der Waals surface area contributed by atoms with Gasteiger partial charge in [0.05, 0.1) is 0 Å². The van der Waals surface area contributed by atoms with Gasteiger partial charge in [0.1, 0.15) is 0 Å². The Morgan fingerprint density at radius 1 is 1.06 bits per heavy atom. The van der Waals surface area contributed by atoms with E-state index in [-0.39, 0.29) is 0 Å². The highest BCUT2D eigenvalue weighted by Crippen LogP contribution is 2.30. The third-order valence-electron chi connectivity index (χ3n) is 4.68. The summed E-state index contributed by atoms with van der Waals surface area (Å²) in [5, 5.41) is 0. The Morgan fingerprint density at radius 2 is 1.75 bits per heavy atom. The van der Waals surface area contributed by atoms with Gasteiger partial charge >= 0.3 is 0 Å². The minimum atomic E-state index is 0.456. The van der Waals surface area contributed by atoms with Crippen LogP contribution in [0.2, 0.25) is 0 Å². The van der Waals surface area contributed by atoms with E-state index in [4.69, 9.17) is 5.73 Å². The number of nitrogens with zero attached hydrogens (tertiary/aromatic N) is 1. The van der Waals surface area contributed by atoms with Gasteiger partial charge in [-0.05, 0) is 51.0 Å². The Labute approximate surface area is 101 Å². The lowest BCUT2D eigenvalue weighted by Gasteiger charge is -2.39. The predicted octanol–water partition coefficient (Wildman–Crippen LogP) is 2.62. The molecule has 0 bridgehead atoms. The molecule has 2 N–H and O–H groups in total. The van der Waals surface area contributed by atoms with Crippen LogP contribution in [0.25, 0.3) is 0 Å². The van der Waals surface area contributed by atoms with E-state index in [1.165, 1.54) is 51.6 Å². The Kier molecular flexibility index (Phi) is 4.26. The van der Waals surface area contributed by atoms with E-state index in [2.05, 4.69) is 18.7 Å². The van der Waals surface area contributed by atoms with Crippen LogP contribution in [0.4, 0.5) is 0 Å². The van der Waals surface area contributed by atoms with Crippen LogP contribution >= 0.6 is 0 Å². The van der Waals surface area contributed by atoms with Crippen molar-refractivity contribution >= 4 is 0 Å². The molecule has 0 amide bonds. The summed E-state index contributed by atoms with van der Waals surface area (Å²) in [6, 6.07) is 1.17. The predicted molar refractivity (Wildman–Crippen MR) is 69.4 cm³/mol. The molecule has 1 saturated carbocycles. The standard InChI is InChI=1S/C14H28N2/c1-11-3-5-13(6-4-11)10-16-8-7-14(15)9-12(16)2/h11-14H,3-10,15H2,1-2H3. The molecule has 2 unspecified atom stereocenters. The first-order chi connectivity index (χ1) is 7.65. The molecule has 2 nitrogen and oxygen atoms in total. The lowest BCUT2D eigenvalue weighted by molar-refractivity contribution is 0.108. The Morgan fingerprint density at radius 3 is 2.38 bits per heavy atom. The van der Waals surface area contributed by atoms with Crippen LogP contribution in [0.1, 0.15) is 52.4 Å². The molecule has 2 heteroatoms. The SMILES string of the molecule is CC1CCC(CN2CCC(N)CC2C)CC1. The first-order valence-electron chi connectivity index (χ1n) is 7.14. The summed E-state index contributed by atoms with van der Waals surface area (Å²) in [5.74, 6) is 1.94. The van der Waals surface area contributed by atoms with Gasteiger partial charge in [-0.15, -0.1) is 0 Å². The van der Waals surface area contributed by atoms with Crippen LogP contribution in [0, 0.1) is 11.8 Å². The number of piperidine rings is 1. The average molecular weight is 224 g/mol. The molecule has 1 aliphatic carbocycles. The van der Waals surface area contributed by atoms with E-state index in [1.54, 1.807) is 0 Å². The smallest absolute Gasteiger partial charge is 0.00817 e. The van der Waals surface area contributed by atoms with Gasteiger partial charge in [-0.25, -0.2) is 0 Å². The molecule has 16 heavy (non-hydrogen) atoms. The zero-order valence-electron chi connectivity index (χ0n) is 11.0. The molecule has 0 aromatic rings. The van der Waals surface area contributed by atoms with E-state index in [0.29, 0.717) is 12.1 Å². The van der Waals surface area contributed by atoms with Gasteiger partial charge in [0.25, 0.3) is 0 Å². The van der Waals surface area contributed by atoms with Crippen molar-refractivity contribution < 1.29 is 0 Å². The molecule has 1 aliphatic heterocycles. The zero-order valence-corrected chi connectivity index (χ0v) is 11.0. The first kappa shape index (κ1) is 12.4. The van der Waals surface area contributed by atoms with Crippen LogP contribution < -0.4 is 5.73 Å². The Bertz CT molecular complexity index is 209. The molecule has 2 atom stereocenters. The fraction of sp³-hybridized carbons (Fsp3) is 1.00. The van der Waals surface area contributed by atoms with Crippen molar-refractivity contribution in [3.05, 3.63) is 0 Å². The molecular weight excluding hydrogens is 196 g/mol.